The topological polar surface area (TPSA) is 69.7 Å². The summed E-state index contributed by atoms with van der Waals surface area (Å²) < 4.78 is 11.1. The Labute approximate surface area is 123 Å². The largest absolute Gasteiger partial charge is 0.373 e. The summed E-state index contributed by atoms with van der Waals surface area (Å²) in [7, 11) is 0. The zero-order chi connectivity index (χ0) is 14.5. The molecule has 0 radical (unpaired) electrons. The van der Waals surface area contributed by atoms with E-state index in [4.69, 9.17) is 14.3 Å². The first-order valence-electron chi connectivity index (χ1n) is 7.43. The van der Waals surface area contributed by atoms with E-state index < -0.39 is 0 Å². The lowest BCUT2D eigenvalue weighted by molar-refractivity contribution is -0.202. The fourth-order valence-corrected chi connectivity index (χ4v) is 2.73. The lowest BCUT2D eigenvalue weighted by Gasteiger charge is -2.24. The monoisotopic (exact) mass is 292 g/mol. The van der Waals surface area contributed by atoms with Crippen molar-refractivity contribution in [3.8, 4) is 0 Å². The van der Waals surface area contributed by atoms with Gasteiger partial charge in [-0.15, -0.1) is 0 Å². The summed E-state index contributed by atoms with van der Waals surface area (Å²) in [6.45, 7) is 1.25. The summed E-state index contributed by atoms with van der Waals surface area (Å²) >= 11 is 0. The van der Waals surface area contributed by atoms with Gasteiger partial charge in [0.15, 0.2) is 6.29 Å². The van der Waals surface area contributed by atoms with E-state index in [9.17, 15) is 4.79 Å². The molecule has 1 amide bonds. The molecule has 114 valence electrons. The molecule has 0 aliphatic carbocycles. The fourth-order valence-electron chi connectivity index (χ4n) is 2.73. The van der Waals surface area contributed by atoms with Crippen LogP contribution in [0.1, 0.15) is 37.4 Å². The molecule has 1 aromatic heterocycles. The van der Waals surface area contributed by atoms with Gasteiger partial charge in [-0.2, -0.15) is 0 Å². The summed E-state index contributed by atoms with van der Waals surface area (Å²) in [6, 6.07) is 3.77. The number of pyridine rings is 1. The SMILES string of the molecule is O=C(NOC1CCCCO1)[C@@H]1CCO[C@H]1c1cccnc1. The summed E-state index contributed by atoms with van der Waals surface area (Å²) in [5, 5.41) is 0. The third kappa shape index (κ3) is 3.58. The molecular formula is C15H20N2O4. The van der Waals surface area contributed by atoms with E-state index in [1.807, 2.05) is 12.1 Å². The zero-order valence-corrected chi connectivity index (χ0v) is 11.9. The summed E-state index contributed by atoms with van der Waals surface area (Å²) in [4.78, 5) is 21.7. The van der Waals surface area contributed by atoms with Crippen LogP contribution >= 0.6 is 0 Å². The smallest absolute Gasteiger partial charge is 0.249 e. The highest BCUT2D eigenvalue weighted by atomic mass is 16.8. The van der Waals surface area contributed by atoms with Gasteiger partial charge in [0.1, 0.15) is 0 Å². The van der Waals surface area contributed by atoms with Crippen molar-refractivity contribution in [3.05, 3.63) is 30.1 Å². The highest BCUT2D eigenvalue weighted by Gasteiger charge is 2.35. The number of hydroxylamine groups is 1. The second-order valence-corrected chi connectivity index (χ2v) is 5.35. The number of nitrogens with zero attached hydrogens (tertiary/aromatic N) is 1. The maximum absolute atomic E-state index is 12.3. The van der Waals surface area contributed by atoms with Crippen molar-refractivity contribution in [2.75, 3.05) is 13.2 Å². The van der Waals surface area contributed by atoms with Gasteiger partial charge >= 0.3 is 0 Å². The Hall–Kier alpha value is -1.50. The molecule has 3 heterocycles. The van der Waals surface area contributed by atoms with Crippen LogP contribution in [0, 0.1) is 5.92 Å². The van der Waals surface area contributed by atoms with E-state index in [-0.39, 0.29) is 24.2 Å². The van der Waals surface area contributed by atoms with Gasteiger partial charge in [-0.3, -0.25) is 9.78 Å². The molecule has 2 aliphatic heterocycles. The maximum atomic E-state index is 12.3. The van der Waals surface area contributed by atoms with Crippen LogP contribution in [0.3, 0.4) is 0 Å². The number of rotatable bonds is 4. The second-order valence-electron chi connectivity index (χ2n) is 5.35. The summed E-state index contributed by atoms with van der Waals surface area (Å²) in [5.74, 6) is -0.409. The van der Waals surface area contributed by atoms with E-state index in [0.29, 0.717) is 19.6 Å². The van der Waals surface area contributed by atoms with Crippen LogP contribution in [0.5, 0.6) is 0 Å². The maximum Gasteiger partial charge on any atom is 0.249 e. The van der Waals surface area contributed by atoms with E-state index in [2.05, 4.69) is 10.5 Å². The highest BCUT2D eigenvalue weighted by molar-refractivity contribution is 5.78. The highest BCUT2D eigenvalue weighted by Crippen LogP contribution is 2.34. The molecule has 1 unspecified atom stereocenters. The van der Waals surface area contributed by atoms with Gasteiger partial charge in [0.2, 0.25) is 5.91 Å². The van der Waals surface area contributed by atoms with Crippen LogP contribution in [0.15, 0.2) is 24.5 Å². The molecule has 0 aromatic carbocycles. The normalized spacial score (nSPS) is 29.2. The van der Waals surface area contributed by atoms with Crippen LogP contribution in [0.2, 0.25) is 0 Å². The molecule has 0 saturated carbocycles. The van der Waals surface area contributed by atoms with E-state index in [1.54, 1.807) is 12.4 Å². The Bertz CT molecular complexity index is 462. The van der Waals surface area contributed by atoms with Gasteiger partial charge in [-0.05, 0) is 30.9 Å². The van der Waals surface area contributed by atoms with Crippen molar-refractivity contribution in [1.82, 2.24) is 10.5 Å². The number of amides is 1. The number of nitrogens with one attached hydrogen (secondary N) is 1. The quantitative estimate of drug-likeness (QED) is 0.856. The van der Waals surface area contributed by atoms with Crippen molar-refractivity contribution >= 4 is 5.91 Å². The minimum Gasteiger partial charge on any atom is -0.373 e. The second kappa shape index (κ2) is 6.98. The van der Waals surface area contributed by atoms with Gasteiger partial charge in [0, 0.05) is 32.0 Å². The molecule has 3 atom stereocenters. The minimum atomic E-state index is -0.332. The molecule has 2 saturated heterocycles. The Morgan fingerprint density at radius 2 is 2.24 bits per heavy atom. The standard InChI is InChI=1S/C15H20N2O4/c18-15(17-21-13-5-1-2-8-19-13)12-6-9-20-14(12)11-4-3-7-16-10-11/h3-4,7,10,12-14H,1-2,5-6,8-9H2,(H,17,18)/t12-,13?,14+/m1/s1. The number of carbonyl (C=O) groups is 1. The molecule has 6 nitrogen and oxygen atoms in total. The van der Waals surface area contributed by atoms with Crippen molar-refractivity contribution in [2.45, 2.75) is 38.1 Å². The summed E-state index contributed by atoms with van der Waals surface area (Å²) in [6.07, 6.45) is 6.46. The zero-order valence-electron chi connectivity index (χ0n) is 11.9. The Morgan fingerprint density at radius 3 is 3.00 bits per heavy atom. The molecule has 3 rings (SSSR count). The molecule has 2 aliphatic rings. The minimum absolute atomic E-state index is 0.157. The third-order valence-electron chi connectivity index (χ3n) is 3.87. The predicted octanol–water partition coefficient (Wildman–Crippen LogP) is 1.73. The first-order chi connectivity index (χ1) is 10.3. The number of hydrogen-bond donors (Lipinski definition) is 1. The summed E-state index contributed by atoms with van der Waals surface area (Å²) in [5.41, 5.74) is 3.45. The van der Waals surface area contributed by atoms with Gasteiger partial charge in [-0.1, -0.05) is 6.07 Å². The lowest BCUT2D eigenvalue weighted by Crippen LogP contribution is -2.37. The van der Waals surface area contributed by atoms with Crippen LogP contribution in [0.4, 0.5) is 0 Å². The Morgan fingerprint density at radius 1 is 1.29 bits per heavy atom. The van der Waals surface area contributed by atoms with Gasteiger partial charge in [0.05, 0.1) is 12.0 Å². The van der Waals surface area contributed by atoms with Crippen LogP contribution in [0.25, 0.3) is 0 Å². The number of hydrogen-bond acceptors (Lipinski definition) is 5. The number of ether oxygens (including phenoxy) is 2. The van der Waals surface area contributed by atoms with E-state index >= 15 is 0 Å². The molecule has 0 bridgehead atoms. The first kappa shape index (κ1) is 14.4. The van der Waals surface area contributed by atoms with Gasteiger partial charge in [-0.25, -0.2) is 10.3 Å². The molecule has 1 aromatic rings. The molecule has 1 N–H and O–H groups in total. The van der Waals surface area contributed by atoms with Crippen LogP contribution in [-0.2, 0) is 19.1 Å². The number of carbonyl (C=O) groups excluding carboxylic acids is 1. The van der Waals surface area contributed by atoms with E-state index in [0.717, 1.165) is 24.8 Å². The first-order valence-corrected chi connectivity index (χ1v) is 7.43. The molecule has 21 heavy (non-hydrogen) atoms. The fraction of sp³-hybridized carbons (Fsp3) is 0.600. The average molecular weight is 292 g/mol. The molecule has 6 heteroatoms. The number of aromatic nitrogens is 1. The van der Waals surface area contributed by atoms with Crippen molar-refractivity contribution in [2.24, 2.45) is 5.92 Å². The van der Waals surface area contributed by atoms with Crippen LogP contribution in [-0.4, -0.2) is 30.4 Å². The Balaban J connectivity index is 1.55. The van der Waals surface area contributed by atoms with Gasteiger partial charge in [0.25, 0.3) is 0 Å². The van der Waals surface area contributed by atoms with Crippen LogP contribution < -0.4 is 5.48 Å². The molecule has 2 fully saturated rings. The van der Waals surface area contributed by atoms with Crippen molar-refractivity contribution < 1.29 is 19.1 Å². The Kier molecular flexibility index (Phi) is 4.80. The van der Waals surface area contributed by atoms with E-state index in [1.165, 1.54) is 0 Å². The third-order valence-corrected chi connectivity index (χ3v) is 3.87. The van der Waals surface area contributed by atoms with Crippen molar-refractivity contribution in [3.63, 3.8) is 0 Å². The van der Waals surface area contributed by atoms with Gasteiger partial charge < -0.3 is 9.47 Å². The lowest BCUT2D eigenvalue weighted by atomic mass is 9.96. The average Bonchev–Trinajstić information content (AvgIpc) is 3.04. The molecule has 0 spiro atoms. The predicted molar refractivity (Wildman–Crippen MR) is 73.9 cm³/mol. The van der Waals surface area contributed by atoms with Crippen molar-refractivity contribution in [1.29, 1.82) is 0 Å². The molecular weight excluding hydrogens is 272 g/mol.